The summed E-state index contributed by atoms with van der Waals surface area (Å²) < 4.78 is 0. The molecule has 0 fully saturated rings. The van der Waals surface area contributed by atoms with Gasteiger partial charge in [0.15, 0.2) is 0 Å². The molecule has 3 heteroatoms. The smallest absolute Gasteiger partial charge is 0.0643 e. The first-order chi connectivity index (χ1) is 8.97. The molecule has 19 heavy (non-hydrogen) atoms. The van der Waals surface area contributed by atoms with Crippen molar-refractivity contribution in [2.24, 2.45) is 5.92 Å². The number of nitrogens with one attached hydrogen (secondary N) is 1. The molecule has 0 saturated heterocycles. The molecule has 1 N–H and O–H groups in total. The van der Waals surface area contributed by atoms with Crippen LogP contribution in [0.15, 0.2) is 18.2 Å². The molecule has 0 bridgehead atoms. The summed E-state index contributed by atoms with van der Waals surface area (Å²) in [7, 11) is 0. The number of hydrogen-bond acceptors (Lipinski definition) is 2. The quantitative estimate of drug-likeness (QED) is 0.801. The summed E-state index contributed by atoms with van der Waals surface area (Å²) in [4.78, 5) is 2.42. The first-order valence-electron chi connectivity index (χ1n) is 7.22. The van der Waals surface area contributed by atoms with E-state index < -0.39 is 0 Å². The van der Waals surface area contributed by atoms with Crippen molar-refractivity contribution in [3.63, 3.8) is 0 Å². The van der Waals surface area contributed by atoms with Gasteiger partial charge in [-0.3, -0.25) is 0 Å². The van der Waals surface area contributed by atoms with Crippen LogP contribution in [0.4, 0.5) is 5.69 Å². The third kappa shape index (κ3) is 4.70. The standard InChI is InChI=1S/C16H27ClN2/c1-6-18-10-14-8-7-9-15(17)16(14)19(13(4)5)11-12(2)3/h7-9,12-13,18H,6,10-11H2,1-5H3. The van der Waals surface area contributed by atoms with E-state index in [0.717, 1.165) is 24.7 Å². The average molecular weight is 283 g/mol. The van der Waals surface area contributed by atoms with E-state index in [1.165, 1.54) is 11.3 Å². The number of halogens is 1. The van der Waals surface area contributed by atoms with Gasteiger partial charge in [-0.25, -0.2) is 0 Å². The Labute approximate surface area is 123 Å². The van der Waals surface area contributed by atoms with Crippen molar-refractivity contribution in [2.75, 3.05) is 18.0 Å². The van der Waals surface area contributed by atoms with Crippen LogP contribution in [0.2, 0.25) is 5.02 Å². The van der Waals surface area contributed by atoms with Gasteiger partial charge in [0.05, 0.1) is 10.7 Å². The molecule has 0 aliphatic rings. The van der Waals surface area contributed by atoms with E-state index in [-0.39, 0.29) is 0 Å². The van der Waals surface area contributed by atoms with Crippen LogP contribution in [-0.4, -0.2) is 19.1 Å². The Morgan fingerprint density at radius 1 is 1.21 bits per heavy atom. The second-order valence-electron chi connectivity index (χ2n) is 5.67. The van der Waals surface area contributed by atoms with Crippen molar-refractivity contribution in [3.05, 3.63) is 28.8 Å². The third-order valence-corrected chi connectivity index (χ3v) is 3.41. The largest absolute Gasteiger partial charge is 0.367 e. The van der Waals surface area contributed by atoms with Crippen molar-refractivity contribution in [2.45, 2.75) is 47.2 Å². The summed E-state index contributed by atoms with van der Waals surface area (Å²) in [5.74, 6) is 0.616. The van der Waals surface area contributed by atoms with E-state index in [1.54, 1.807) is 0 Å². The van der Waals surface area contributed by atoms with Crippen LogP contribution in [0.1, 0.15) is 40.2 Å². The van der Waals surface area contributed by atoms with Crippen LogP contribution >= 0.6 is 11.6 Å². The number of anilines is 1. The lowest BCUT2D eigenvalue weighted by Gasteiger charge is -2.33. The summed E-state index contributed by atoms with van der Waals surface area (Å²) in [5, 5.41) is 4.25. The van der Waals surface area contributed by atoms with E-state index in [9.17, 15) is 0 Å². The molecule has 0 aliphatic carbocycles. The molecular formula is C16H27ClN2. The summed E-state index contributed by atoms with van der Waals surface area (Å²) in [5.41, 5.74) is 2.47. The molecule has 0 unspecified atom stereocenters. The Balaban J connectivity index is 3.12. The fraction of sp³-hybridized carbons (Fsp3) is 0.625. The molecule has 0 spiro atoms. The highest BCUT2D eigenvalue weighted by atomic mass is 35.5. The zero-order chi connectivity index (χ0) is 14.4. The fourth-order valence-electron chi connectivity index (χ4n) is 2.24. The van der Waals surface area contributed by atoms with Crippen LogP contribution in [0.25, 0.3) is 0 Å². The van der Waals surface area contributed by atoms with Gasteiger partial charge in [0.1, 0.15) is 0 Å². The number of benzene rings is 1. The van der Waals surface area contributed by atoms with Crippen LogP contribution in [-0.2, 0) is 6.54 Å². The van der Waals surface area contributed by atoms with E-state index in [1.807, 2.05) is 12.1 Å². The van der Waals surface area contributed by atoms with Gasteiger partial charge in [0.25, 0.3) is 0 Å². The van der Waals surface area contributed by atoms with Crippen LogP contribution in [0, 0.1) is 5.92 Å². The molecule has 0 radical (unpaired) electrons. The molecule has 2 nitrogen and oxygen atoms in total. The van der Waals surface area contributed by atoms with Gasteiger partial charge in [-0.05, 0) is 37.9 Å². The molecule has 0 amide bonds. The molecule has 1 rings (SSSR count). The Hall–Kier alpha value is -0.730. The molecule has 0 saturated carbocycles. The second-order valence-corrected chi connectivity index (χ2v) is 6.08. The van der Waals surface area contributed by atoms with E-state index in [0.29, 0.717) is 12.0 Å². The van der Waals surface area contributed by atoms with Crippen molar-refractivity contribution in [3.8, 4) is 0 Å². The van der Waals surface area contributed by atoms with Gasteiger partial charge in [-0.2, -0.15) is 0 Å². The minimum absolute atomic E-state index is 0.447. The summed E-state index contributed by atoms with van der Waals surface area (Å²) >= 11 is 6.46. The zero-order valence-corrected chi connectivity index (χ0v) is 13.6. The molecule has 108 valence electrons. The maximum Gasteiger partial charge on any atom is 0.0643 e. The van der Waals surface area contributed by atoms with Gasteiger partial charge in [0, 0.05) is 19.1 Å². The van der Waals surface area contributed by atoms with Gasteiger partial charge in [0.2, 0.25) is 0 Å². The minimum Gasteiger partial charge on any atom is -0.367 e. The topological polar surface area (TPSA) is 15.3 Å². The van der Waals surface area contributed by atoms with Gasteiger partial charge in [-0.15, -0.1) is 0 Å². The highest BCUT2D eigenvalue weighted by Gasteiger charge is 2.18. The van der Waals surface area contributed by atoms with Crippen molar-refractivity contribution < 1.29 is 0 Å². The maximum atomic E-state index is 6.46. The van der Waals surface area contributed by atoms with Crippen molar-refractivity contribution in [1.29, 1.82) is 0 Å². The third-order valence-electron chi connectivity index (χ3n) is 3.11. The van der Waals surface area contributed by atoms with Gasteiger partial charge in [-0.1, -0.05) is 44.5 Å². The molecule has 0 atom stereocenters. The second kappa shape index (κ2) is 7.76. The van der Waals surface area contributed by atoms with Crippen LogP contribution < -0.4 is 10.2 Å². The Morgan fingerprint density at radius 2 is 1.89 bits per heavy atom. The number of hydrogen-bond donors (Lipinski definition) is 1. The SMILES string of the molecule is CCNCc1cccc(Cl)c1N(CC(C)C)C(C)C. The van der Waals surface area contributed by atoms with Crippen LogP contribution in [0.3, 0.4) is 0 Å². The first kappa shape index (κ1) is 16.3. The lowest BCUT2D eigenvalue weighted by molar-refractivity contribution is 0.568. The zero-order valence-electron chi connectivity index (χ0n) is 12.8. The number of para-hydroxylation sites is 1. The Morgan fingerprint density at radius 3 is 2.42 bits per heavy atom. The molecular weight excluding hydrogens is 256 g/mol. The van der Waals surface area contributed by atoms with Crippen molar-refractivity contribution >= 4 is 17.3 Å². The highest BCUT2D eigenvalue weighted by Crippen LogP contribution is 2.32. The van der Waals surface area contributed by atoms with E-state index in [4.69, 9.17) is 11.6 Å². The molecule has 0 aromatic heterocycles. The molecule has 1 aromatic carbocycles. The highest BCUT2D eigenvalue weighted by molar-refractivity contribution is 6.33. The minimum atomic E-state index is 0.447. The van der Waals surface area contributed by atoms with Crippen LogP contribution in [0.5, 0.6) is 0 Å². The fourth-order valence-corrected chi connectivity index (χ4v) is 2.54. The summed E-state index contributed by atoms with van der Waals surface area (Å²) in [6.45, 7) is 13.9. The number of nitrogens with zero attached hydrogens (tertiary/aromatic N) is 1. The molecule has 0 heterocycles. The maximum absolute atomic E-state index is 6.46. The lowest BCUT2D eigenvalue weighted by Crippen LogP contribution is -2.35. The summed E-state index contributed by atoms with van der Waals surface area (Å²) in [6.07, 6.45) is 0. The normalized spacial score (nSPS) is 11.4. The number of rotatable bonds is 7. The van der Waals surface area contributed by atoms with E-state index >= 15 is 0 Å². The Kier molecular flexibility index (Phi) is 6.67. The van der Waals surface area contributed by atoms with Gasteiger partial charge < -0.3 is 10.2 Å². The predicted octanol–water partition coefficient (Wildman–Crippen LogP) is 4.32. The average Bonchev–Trinajstić information content (AvgIpc) is 2.33. The van der Waals surface area contributed by atoms with E-state index in [2.05, 4.69) is 50.9 Å². The monoisotopic (exact) mass is 282 g/mol. The molecule has 0 aliphatic heterocycles. The predicted molar refractivity (Wildman–Crippen MR) is 86.2 cm³/mol. The lowest BCUT2D eigenvalue weighted by atomic mass is 10.1. The first-order valence-corrected chi connectivity index (χ1v) is 7.59. The van der Waals surface area contributed by atoms with Gasteiger partial charge >= 0.3 is 0 Å². The molecule has 1 aromatic rings. The van der Waals surface area contributed by atoms with Crippen molar-refractivity contribution in [1.82, 2.24) is 5.32 Å². The summed E-state index contributed by atoms with van der Waals surface area (Å²) in [6, 6.07) is 6.64. The Bertz CT molecular complexity index is 388.